The molecule has 0 aliphatic carbocycles. The molecular weight excluding hydrogens is 474 g/mol. The molecule has 0 radical (unpaired) electrons. The van der Waals surface area contributed by atoms with E-state index in [0.29, 0.717) is 12.1 Å². The first-order valence-electron chi connectivity index (χ1n) is 12.3. The van der Waals surface area contributed by atoms with Gasteiger partial charge in [0.15, 0.2) is 0 Å². The van der Waals surface area contributed by atoms with Crippen LogP contribution in [0, 0.1) is 26.7 Å². The first kappa shape index (κ1) is 27.3. The predicted octanol–water partition coefficient (Wildman–Crippen LogP) is 5.29. The Bertz CT molecular complexity index is 1260. The summed E-state index contributed by atoms with van der Waals surface area (Å²) in [5.74, 6) is -0.574. The van der Waals surface area contributed by atoms with Gasteiger partial charge in [0.1, 0.15) is 11.0 Å². The molecule has 7 nitrogen and oxygen atoms in total. The van der Waals surface area contributed by atoms with Crippen LogP contribution in [0.15, 0.2) is 46.7 Å². The van der Waals surface area contributed by atoms with Gasteiger partial charge in [0.2, 0.25) is 5.91 Å². The zero-order valence-corrected chi connectivity index (χ0v) is 22.6. The second-order valence-electron chi connectivity index (χ2n) is 9.51. The normalized spacial score (nSPS) is 12.9. The van der Waals surface area contributed by atoms with Gasteiger partial charge in [-0.1, -0.05) is 32.0 Å². The van der Waals surface area contributed by atoms with Crippen LogP contribution in [0.25, 0.3) is 10.6 Å². The number of esters is 1. The number of thiazole rings is 1. The number of rotatable bonds is 10. The Kier molecular flexibility index (Phi) is 9.20. The minimum absolute atomic E-state index is 0.0489. The van der Waals surface area contributed by atoms with Gasteiger partial charge in [-0.15, -0.1) is 11.3 Å². The maximum Gasteiger partial charge on any atom is 0.308 e. The zero-order chi connectivity index (χ0) is 26.4. The van der Waals surface area contributed by atoms with Crippen molar-refractivity contribution in [3.63, 3.8) is 0 Å². The SMILES string of the molecule is CCOC(=O)C[C@@H](NC(=O)[C@@H](CC(C)C)n1ccc(C)cc1=O)c1csc(-c2c(C)cccc2C)n1. The van der Waals surface area contributed by atoms with Crippen molar-refractivity contribution in [1.29, 1.82) is 0 Å². The standard InChI is InChI=1S/C28H35N3O4S/c1-7-35-25(33)15-21(22-16-36-28(30-22)26-19(5)9-8-10-20(26)6)29-27(34)23(13-17(2)3)31-12-11-18(4)14-24(31)32/h8-12,14,16-17,21,23H,7,13,15H2,1-6H3,(H,29,34)/t21-,23-/m1/s1. The number of nitrogens with one attached hydrogen (secondary N) is 1. The molecular formula is C28H35N3O4S. The summed E-state index contributed by atoms with van der Waals surface area (Å²) < 4.78 is 6.64. The van der Waals surface area contributed by atoms with Crippen molar-refractivity contribution in [2.75, 3.05) is 6.61 Å². The van der Waals surface area contributed by atoms with Crippen molar-refractivity contribution < 1.29 is 14.3 Å². The molecule has 0 spiro atoms. The number of ether oxygens (including phenoxy) is 1. The van der Waals surface area contributed by atoms with Crippen LogP contribution in [0.4, 0.5) is 0 Å². The fraction of sp³-hybridized carbons (Fsp3) is 0.429. The topological polar surface area (TPSA) is 90.3 Å². The summed E-state index contributed by atoms with van der Waals surface area (Å²) in [6.45, 7) is 11.9. The number of hydrogen-bond donors (Lipinski definition) is 1. The Balaban J connectivity index is 1.96. The summed E-state index contributed by atoms with van der Waals surface area (Å²) in [6.07, 6.45) is 2.09. The Morgan fingerprint density at radius 3 is 2.44 bits per heavy atom. The average molecular weight is 510 g/mol. The van der Waals surface area contributed by atoms with Gasteiger partial charge in [-0.3, -0.25) is 14.4 Å². The molecule has 8 heteroatoms. The smallest absolute Gasteiger partial charge is 0.308 e. The van der Waals surface area contributed by atoms with E-state index in [1.807, 2.05) is 64.3 Å². The Labute approximate surface area is 216 Å². The number of aromatic nitrogens is 2. The van der Waals surface area contributed by atoms with E-state index in [4.69, 9.17) is 9.72 Å². The molecule has 192 valence electrons. The predicted molar refractivity (Wildman–Crippen MR) is 143 cm³/mol. The van der Waals surface area contributed by atoms with Crippen LogP contribution >= 0.6 is 11.3 Å². The molecule has 2 aromatic heterocycles. The molecule has 0 aliphatic heterocycles. The van der Waals surface area contributed by atoms with Crippen molar-refractivity contribution in [2.45, 2.75) is 66.5 Å². The molecule has 1 amide bonds. The van der Waals surface area contributed by atoms with Crippen molar-refractivity contribution in [2.24, 2.45) is 5.92 Å². The van der Waals surface area contributed by atoms with Crippen LogP contribution in [0.3, 0.4) is 0 Å². The van der Waals surface area contributed by atoms with Crippen LogP contribution < -0.4 is 10.9 Å². The van der Waals surface area contributed by atoms with E-state index < -0.39 is 18.1 Å². The summed E-state index contributed by atoms with van der Waals surface area (Å²) in [4.78, 5) is 43.6. The van der Waals surface area contributed by atoms with Crippen LogP contribution in [-0.2, 0) is 14.3 Å². The molecule has 1 aromatic carbocycles. The minimum Gasteiger partial charge on any atom is -0.466 e. The summed E-state index contributed by atoms with van der Waals surface area (Å²) in [5, 5.41) is 5.71. The van der Waals surface area contributed by atoms with Gasteiger partial charge >= 0.3 is 5.97 Å². The fourth-order valence-electron chi connectivity index (χ4n) is 4.24. The Morgan fingerprint density at radius 2 is 1.83 bits per heavy atom. The van der Waals surface area contributed by atoms with Gasteiger partial charge in [-0.05, 0) is 62.8 Å². The van der Waals surface area contributed by atoms with Gasteiger partial charge in [0.25, 0.3) is 5.56 Å². The highest BCUT2D eigenvalue weighted by atomic mass is 32.1. The van der Waals surface area contributed by atoms with Crippen molar-refractivity contribution in [3.05, 3.63) is 74.6 Å². The first-order valence-corrected chi connectivity index (χ1v) is 13.2. The largest absolute Gasteiger partial charge is 0.466 e. The molecule has 36 heavy (non-hydrogen) atoms. The number of nitrogens with zero attached hydrogens (tertiary/aromatic N) is 2. The Hall–Kier alpha value is -3.26. The van der Waals surface area contributed by atoms with Gasteiger partial charge in [-0.25, -0.2) is 4.98 Å². The average Bonchev–Trinajstić information content (AvgIpc) is 3.27. The van der Waals surface area contributed by atoms with E-state index in [0.717, 1.165) is 27.3 Å². The maximum absolute atomic E-state index is 13.6. The van der Waals surface area contributed by atoms with Crippen LogP contribution in [-0.4, -0.2) is 28.0 Å². The number of pyridine rings is 1. The van der Waals surface area contributed by atoms with Gasteiger partial charge in [0, 0.05) is 23.2 Å². The summed E-state index contributed by atoms with van der Waals surface area (Å²) in [7, 11) is 0. The Morgan fingerprint density at radius 1 is 1.14 bits per heavy atom. The molecule has 3 rings (SSSR count). The number of hydrogen-bond acceptors (Lipinski definition) is 6. The highest BCUT2D eigenvalue weighted by Crippen LogP contribution is 2.32. The summed E-state index contributed by atoms with van der Waals surface area (Å²) in [6, 6.07) is 8.03. The van der Waals surface area contributed by atoms with Gasteiger partial charge < -0.3 is 14.6 Å². The quantitative estimate of drug-likeness (QED) is 0.375. The fourth-order valence-corrected chi connectivity index (χ4v) is 5.28. The molecule has 3 aromatic rings. The van der Waals surface area contributed by atoms with E-state index in [9.17, 15) is 14.4 Å². The lowest BCUT2D eigenvalue weighted by Crippen LogP contribution is -2.40. The molecule has 0 fully saturated rings. The molecule has 1 N–H and O–H groups in total. The molecule has 0 aliphatic rings. The van der Waals surface area contributed by atoms with E-state index in [2.05, 4.69) is 5.32 Å². The molecule has 0 bridgehead atoms. The van der Waals surface area contributed by atoms with Gasteiger partial charge in [0.05, 0.1) is 24.8 Å². The number of amides is 1. The third kappa shape index (κ3) is 6.69. The number of carbonyl (C=O) groups excluding carboxylic acids is 2. The number of benzene rings is 1. The van der Waals surface area contributed by atoms with E-state index in [1.165, 1.54) is 22.0 Å². The second-order valence-corrected chi connectivity index (χ2v) is 10.4. The lowest BCUT2D eigenvalue weighted by molar-refractivity contribution is -0.144. The third-order valence-corrected chi connectivity index (χ3v) is 6.88. The molecule has 2 heterocycles. The van der Waals surface area contributed by atoms with Crippen LogP contribution in [0.5, 0.6) is 0 Å². The maximum atomic E-state index is 13.6. The molecule has 2 atom stereocenters. The monoisotopic (exact) mass is 509 g/mol. The van der Waals surface area contributed by atoms with Crippen molar-refractivity contribution in [3.8, 4) is 10.6 Å². The van der Waals surface area contributed by atoms with Crippen molar-refractivity contribution >= 4 is 23.2 Å². The van der Waals surface area contributed by atoms with E-state index >= 15 is 0 Å². The molecule has 0 saturated carbocycles. The highest BCUT2D eigenvalue weighted by molar-refractivity contribution is 7.13. The first-order chi connectivity index (χ1) is 17.1. The van der Waals surface area contributed by atoms with Crippen LogP contribution in [0.2, 0.25) is 0 Å². The lowest BCUT2D eigenvalue weighted by atomic mass is 10.0. The molecule has 0 unspecified atom stereocenters. The zero-order valence-electron chi connectivity index (χ0n) is 21.8. The third-order valence-electron chi connectivity index (χ3n) is 6.00. The second kappa shape index (κ2) is 12.1. The minimum atomic E-state index is -0.709. The summed E-state index contributed by atoms with van der Waals surface area (Å²) in [5.41, 5.74) is 4.47. The lowest BCUT2D eigenvalue weighted by Gasteiger charge is -2.24. The van der Waals surface area contributed by atoms with Crippen LogP contribution in [0.1, 0.15) is 68.1 Å². The summed E-state index contributed by atoms with van der Waals surface area (Å²) >= 11 is 1.48. The number of carbonyl (C=O) groups is 2. The van der Waals surface area contributed by atoms with E-state index in [1.54, 1.807) is 13.1 Å². The highest BCUT2D eigenvalue weighted by Gasteiger charge is 2.28. The number of aryl methyl sites for hydroxylation is 3. The van der Waals surface area contributed by atoms with Crippen molar-refractivity contribution in [1.82, 2.24) is 14.9 Å². The van der Waals surface area contributed by atoms with Gasteiger partial charge in [-0.2, -0.15) is 0 Å². The molecule has 0 saturated heterocycles. The van der Waals surface area contributed by atoms with E-state index in [-0.39, 0.29) is 30.4 Å².